The molecule has 0 spiro atoms. The average molecular weight is 626 g/mol. The lowest BCUT2D eigenvalue weighted by atomic mass is 10.0. The minimum Gasteiger partial charge on any atom is -0.453 e. The normalized spacial score (nSPS) is 13.9. The SMILES string of the molecule is CC[C@@H](CCC[C@@H](CO)N(CC(C)C)S(=O)(=O)c1ccc(CO)cc1)NC(=O)[C@H](Cc1ccccc1Cl)NC(=O)OC. The van der Waals surface area contributed by atoms with Crippen molar-refractivity contribution in [3.63, 3.8) is 0 Å². The number of carbonyl (C=O) groups is 2. The predicted molar refractivity (Wildman–Crippen MR) is 163 cm³/mol. The zero-order chi connectivity index (χ0) is 31.3. The molecule has 234 valence electrons. The highest BCUT2D eigenvalue weighted by atomic mass is 35.5. The number of amides is 2. The zero-order valence-electron chi connectivity index (χ0n) is 24.8. The van der Waals surface area contributed by atoms with Crippen LogP contribution in [0.1, 0.15) is 57.6 Å². The molecule has 10 nitrogen and oxygen atoms in total. The van der Waals surface area contributed by atoms with Gasteiger partial charge in [0.15, 0.2) is 0 Å². The standard InChI is InChI=1S/C30H44ClN3O7S/c1-5-24(32-29(37)28(33-30(38)41-4)17-23-9-6-7-12-27(23)31)10-8-11-25(20-36)34(18-21(2)3)42(39,40)26-15-13-22(19-35)14-16-26/h6-7,9,12-16,21,24-25,28,35-36H,5,8,10-11,17-20H2,1-4H3,(H,32,37)(H,33,38)/t24-,25-,28-/m0/s1. The molecular formula is C30H44ClN3O7S. The first-order valence-corrected chi connectivity index (χ1v) is 16.0. The van der Waals surface area contributed by atoms with Crippen molar-refractivity contribution >= 4 is 33.6 Å². The maximum Gasteiger partial charge on any atom is 0.407 e. The van der Waals surface area contributed by atoms with Crippen LogP contribution in [0, 0.1) is 5.92 Å². The van der Waals surface area contributed by atoms with Gasteiger partial charge in [0, 0.05) is 30.1 Å². The fourth-order valence-corrected chi connectivity index (χ4v) is 6.63. The Balaban J connectivity index is 2.11. The Kier molecular flexibility index (Phi) is 14.7. The molecule has 0 aliphatic rings. The van der Waals surface area contributed by atoms with E-state index in [0.29, 0.717) is 41.8 Å². The summed E-state index contributed by atoms with van der Waals surface area (Å²) in [6.07, 6.45) is 1.50. The van der Waals surface area contributed by atoms with Crippen molar-refractivity contribution in [3.8, 4) is 0 Å². The van der Waals surface area contributed by atoms with Crippen LogP contribution in [0.3, 0.4) is 0 Å². The predicted octanol–water partition coefficient (Wildman–Crippen LogP) is 3.87. The summed E-state index contributed by atoms with van der Waals surface area (Å²) in [5.74, 6) is -0.369. The number of carbonyl (C=O) groups excluding carboxylic acids is 2. The van der Waals surface area contributed by atoms with E-state index in [1.54, 1.807) is 36.4 Å². The summed E-state index contributed by atoms with van der Waals surface area (Å²) in [5, 5.41) is 25.6. The van der Waals surface area contributed by atoms with Crippen LogP contribution < -0.4 is 10.6 Å². The lowest BCUT2D eigenvalue weighted by Crippen LogP contribution is -2.50. The number of nitrogens with one attached hydrogen (secondary N) is 2. The molecule has 0 fully saturated rings. The van der Waals surface area contributed by atoms with Crippen LogP contribution in [-0.4, -0.2) is 73.3 Å². The Bertz CT molecular complexity index is 1240. The molecule has 3 atom stereocenters. The smallest absolute Gasteiger partial charge is 0.407 e. The van der Waals surface area contributed by atoms with E-state index in [0.717, 1.165) is 0 Å². The average Bonchev–Trinajstić information content (AvgIpc) is 2.98. The number of aliphatic hydroxyl groups excluding tert-OH is 2. The number of aliphatic hydroxyl groups is 2. The molecule has 0 saturated heterocycles. The van der Waals surface area contributed by atoms with Crippen LogP contribution in [-0.2, 0) is 32.6 Å². The summed E-state index contributed by atoms with van der Waals surface area (Å²) < 4.78 is 33.2. The summed E-state index contributed by atoms with van der Waals surface area (Å²) in [6, 6.07) is 11.3. The number of sulfonamides is 1. The molecule has 0 aromatic heterocycles. The highest BCUT2D eigenvalue weighted by Crippen LogP contribution is 2.24. The van der Waals surface area contributed by atoms with E-state index in [1.165, 1.54) is 23.5 Å². The Morgan fingerprint density at radius 2 is 1.69 bits per heavy atom. The molecule has 0 saturated carbocycles. The van der Waals surface area contributed by atoms with E-state index in [1.807, 2.05) is 20.8 Å². The number of halogens is 1. The molecule has 0 heterocycles. The van der Waals surface area contributed by atoms with Crippen molar-refractivity contribution in [1.29, 1.82) is 0 Å². The first kappa shape index (κ1) is 35.5. The molecule has 12 heteroatoms. The van der Waals surface area contributed by atoms with Gasteiger partial charge in [0.05, 0.1) is 25.2 Å². The number of rotatable bonds is 17. The van der Waals surface area contributed by atoms with Gasteiger partial charge >= 0.3 is 6.09 Å². The first-order valence-electron chi connectivity index (χ1n) is 14.2. The monoisotopic (exact) mass is 625 g/mol. The van der Waals surface area contributed by atoms with Crippen molar-refractivity contribution in [2.45, 2.75) is 82.5 Å². The third kappa shape index (κ3) is 10.5. The summed E-state index contributed by atoms with van der Waals surface area (Å²) in [6.45, 7) is 5.44. The second-order valence-electron chi connectivity index (χ2n) is 10.6. The van der Waals surface area contributed by atoms with Crippen molar-refractivity contribution in [1.82, 2.24) is 14.9 Å². The van der Waals surface area contributed by atoms with Gasteiger partial charge in [-0.25, -0.2) is 13.2 Å². The molecule has 0 unspecified atom stereocenters. The Morgan fingerprint density at radius 3 is 2.24 bits per heavy atom. The molecule has 0 aliphatic carbocycles. The highest BCUT2D eigenvalue weighted by molar-refractivity contribution is 7.89. The molecule has 2 rings (SSSR count). The van der Waals surface area contributed by atoms with Gasteiger partial charge in [0.2, 0.25) is 15.9 Å². The summed E-state index contributed by atoms with van der Waals surface area (Å²) in [5.41, 5.74) is 1.30. The first-order chi connectivity index (χ1) is 20.0. The third-order valence-electron chi connectivity index (χ3n) is 6.98. The fourth-order valence-electron chi connectivity index (χ4n) is 4.61. The summed E-state index contributed by atoms with van der Waals surface area (Å²) in [7, 11) is -2.69. The molecule has 0 radical (unpaired) electrons. The Labute approximate surface area is 254 Å². The maximum atomic E-state index is 13.6. The van der Waals surface area contributed by atoms with Gasteiger partial charge in [-0.2, -0.15) is 4.31 Å². The lowest BCUT2D eigenvalue weighted by molar-refractivity contribution is -0.123. The number of ether oxygens (including phenoxy) is 1. The van der Waals surface area contributed by atoms with Gasteiger partial charge in [0.25, 0.3) is 0 Å². The third-order valence-corrected chi connectivity index (χ3v) is 9.28. The second kappa shape index (κ2) is 17.4. The van der Waals surface area contributed by atoms with E-state index >= 15 is 0 Å². The molecular weight excluding hydrogens is 582 g/mol. The van der Waals surface area contributed by atoms with Crippen molar-refractivity contribution < 1.29 is 33.0 Å². The molecule has 2 amide bonds. The Hall–Kier alpha value is -2.70. The number of methoxy groups -OCH3 is 1. The van der Waals surface area contributed by atoms with Crippen LogP contribution in [0.5, 0.6) is 0 Å². The van der Waals surface area contributed by atoms with Crippen LogP contribution in [0.2, 0.25) is 5.02 Å². The number of alkyl carbamates (subject to hydrolysis) is 1. The Morgan fingerprint density at radius 1 is 1.02 bits per heavy atom. The van der Waals surface area contributed by atoms with Crippen LogP contribution in [0.4, 0.5) is 4.79 Å². The summed E-state index contributed by atoms with van der Waals surface area (Å²) >= 11 is 6.28. The lowest BCUT2D eigenvalue weighted by Gasteiger charge is -2.31. The quantitative estimate of drug-likeness (QED) is 0.209. The van der Waals surface area contributed by atoms with Gasteiger partial charge < -0.3 is 25.6 Å². The topological polar surface area (TPSA) is 145 Å². The van der Waals surface area contributed by atoms with E-state index in [4.69, 9.17) is 16.3 Å². The number of hydrogen-bond acceptors (Lipinski definition) is 7. The summed E-state index contributed by atoms with van der Waals surface area (Å²) in [4.78, 5) is 25.3. The van der Waals surface area contributed by atoms with Gasteiger partial charge in [0.1, 0.15) is 6.04 Å². The van der Waals surface area contributed by atoms with Gasteiger partial charge in [-0.3, -0.25) is 4.79 Å². The van der Waals surface area contributed by atoms with Crippen molar-refractivity contribution in [3.05, 3.63) is 64.7 Å². The van der Waals surface area contributed by atoms with Crippen LogP contribution in [0.25, 0.3) is 0 Å². The van der Waals surface area contributed by atoms with Crippen molar-refractivity contribution in [2.24, 2.45) is 5.92 Å². The van der Waals surface area contributed by atoms with Gasteiger partial charge in [-0.1, -0.05) is 62.7 Å². The largest absolute Gasteiger partial charge is 0.453 e. The fraction of sp³-hybridized carbons (Fsp3) is 0.533. The van der Waals surface area contributed by atoms with Gasteiger partial charge in [-0.15, -0.1) is 0 Å². The molecule has 4 N–H and O–H groups in total. The number of nitrogens with zero attached hydrogens (tertiary/aromatic N) is 1. The molecule has 42 heavy (non-hydrogen) atoms. The van der Waals surface area contributed by atoms with E-state index in [-0.39, 0.29) is 48.9 Å². The molecule has 0 aliphatic heterocycles. The van der Waals surface area contributed by atoms with Gasteiger partial charge in [-0.05, 0) is 60.9 Å². The minimum absolute atomic E-state index is 0.0191. The van der Waals surface area contributed by atoms with E-state index in [9.17, 15) is 28.2 Å². The molecule has 2 aromatic carbocycles. The second-order valence-corrected chi connectivity index (χ2v) is 12.9. The minimum atomic E-state index is -3.91. The number of hydrogen-bond donors (Lipinski definition) is 4. The zero-order valence-corrected chi connectivity index (χ0v) is 26.3. The van der Waals surface area contributed by atoms with Crippen molar-refractivity contribution in [2.75, 3.05) is 20.3 Å². The highest BCUT2D eigenvalue weighted by Gasteiger charge is 2.32. The van der Waals surface area contributed by atoms with E-state index in [2.05, 4.69) is 10.6 Å². The van der Waals surface area contributed by atoms with Crippen LogP contribution in [0.15, 0.2) is 53.4 Å². The maximum absolute atomic E-state index is 13.6. The van der Waals surface area contributed by atoms with Crippen LogP contribution >= 0.6 is 11.6 Å². The van der Waals surface area contributed by atoms with E-state index < -0.39 is 28.2 Å². The molecule has 2 aromatic rings. The number of benzene rings is 2. The molecule has 0 bridgehead atoms.